The molecular formula is C19H28Cl2FN3O3. The van der Waals surface area contributed by atoms with Gasteiger partial charge in [-0.15, -0.1) is 12.4 Å². The minimum atomic E-state index is -0.831. The molecule has 1 unspecified atom stereocenters. The van der Waals surface area contributed by atoms with E-state index in [9.17, 15) is 14.0 Å². The van der Waals surface area contributed by atoms with Gasteiger partial charge in [0.15, 0.2) is 0 Å². The van der Waals surface area contributed by atoms with E-state index in [0.29, 0.717) is 10.6 Å². The quantitative estimate of drug-likeness (QED) is 0.712. The molecule has 0 bridgehead atoms. The first-order valence-electron chi connectivity index (χ1n) is 9.09. The fourth-order valence-corrected chi connectivity index (χ4v) is 3.62. The molecule has 1 aromatic carbocycles. The van der Waals surface area contributed by atoms with Gasteiger partial charge >= 0.3 is 5.97 Å². The molecule has 28 heavy (non-hydrogen) atoms. The number of halogens is 3. The zero-order valence-electron chi connectivity index (χ0n) is 16.2. The van der Waals surface area contributed by atoms with Crippen molar-refractivity contribution in [2.75, 3.05) is 40.3 Å². The second-order valence-electron chi connectivity index (χ2n) is 7.12. The molecule has 1 saturated heterocycles. The van der Waals surface area contributed by atoms with Crippen LogP contribution in [0, 0.1) is 5.82 Å². The maximum absolute atomic E-state index is 13.9. The third kappa shape index (κ3) is 7.20. The Balaban J connectivity index is 0.00000392. The molecule has 1 aliphatic rings. The molecule has 9 heteroatoms. The van der Waals surface area contributed by atoms with Gasteiger partial charge in [0.05, 0.1) is 13.1 Å². The number of likely N-dealkylation sites (N-methyl/N-ethyl adjacent to an activating group) is 2. The van der Waals surface area contributed by atoms with Crippen molar-refractivity contribution in [3.8, 4) is 0 Å². The maximum atomic E-state index is 13.9. The summed E-state index contributed by atoms with van der Waals surface area (Å²) in [5.41, 5.74) is 0.321. The number of likely N-dealkylation sites (tertiary alicyclic amines) is 1. The summed E-state index contributed by atoms with van der Waals surface area (Å²) in [5.74, 6) is -1.34. The van der Waals surface area contributed by atoms with E-state index in [2.05, 4.69) is 4.90 Å². The summed E-state index contributed by atoms with van der Waals surface area (Å²) < 4.78 is 13.9. The molecular weight excluding hydrogens is 408 g/mol. The lowest BCUT2D eigenvalue weighted by Crippen LogP contribution is -2.40. The summed E-state index contributed by atoms with van der Waals surface area (Å²) in [5, 5.41) is 9.25. The number of carboxylic acids is 1. The number of carbonyl (C=O) groups excluding carboxylic acids is 1. The first-order valence-corrected chi connectivity index (χ1v) is 9.47. The number of hydrogen-bond donors (Lipinski definition) is 1. The lowest BCUT2D eigenvalue weighted by Gasteiger charge is -2.26. The molecule has 0 saturated carbocycles. The predicted octanol–water partition coefficient (Wildman–Crippen LogP) is 2.73. The highest BCUT2D eigenvalue weighted by atomic mass is 35.5. The van der Waals surface area contributed by atoms with Crippen LogP contribution in [0.1, 0.15) is 24.8 Å². The van der Waals surface area contributed by atoms with Crippen LogP contribution in [0.3, 0.4) is 0 Å². The standard InChI is InChI=1S/C19H27ClFN3O3.ClH/c1-22(13-19(26)27)14-5-4-9-24(10-8-14)12-18(25)23(2)11-15-16(20)6-3-7-17(15)21;/h3,6-7,14H,4-5,8-13H2,1-2H3,(H,26,27);1H. The van der Waals surface area contributed by atoms with Crippen LogP contribution in [0.5, 0.6) is 0 Å². The van der Waals surface area contributed by atoms with E-state index in [-0.39, 0.29) is 44.0 Å². The predicted molar refractivity (Wildman–Crippen MR) is 109 cm³/mol. The number of nitrogens with zero attached hydrogens (tertiary/aromatic N) is 3. The van der Waals surface area contributed by atoms with Crippen LogP contribution in [-0.2, 0) is 16.1 Å². The Kier molecular flexibility index (Phi) is 10.2. The van der Waals surface area contributed by atoms with Gasteiger partial charge in [-0.2, -0.15) is 0 Å². The van der Waals surface area contributed by atoms with Gasteiger partial charge in [0, 0.05) is 36.8 Å². The Morgan fingerprint density at radius 3 is 2.64 bits per heavy atom. The topological polar surface area (TPSA) is 64.1 Å². The Bertz CT molecular complexity index is 658. The Morgan fingerprint density at radius 1 is 1.29 bits per heavy atom. The first kappa shape index (κ1) is 24.6. The van der Waals surface area contributed by atoms with Crippen LogP contribution < -0.4 is 0 Å². The molecule has 1 aliphatic heterocycles. The number of hydrogen-bond acceptors (Lipinski definition) is 4. The van der Waals surface area contributed by atoms with Gasteiger partial charge in [0.2, 0.25) is 5.91 Å². The van der Waals surface area contributed by atoms with E-state index < -0.39 is 11.8 Å². The van der Waals surface area contributed by atoms with Crippen molar-refractivity contribution in [3.05, 3.63) is 34.6 Å². The molecule has 1 heterocycles. The molecule has 0 radical (unpaired) electrons. The zero-order valence-corrected chi connectivity index (χ0v) is 17.8. The Hall–Kier alpha value is -1.41. The third-order valence-corrected chi connectivity index (χ3v) is 5.39. The third-order valence-electron chi connectivity index (χ3n) is 5.04. The number of carbonyl (C=O) groups is 2. The van der Waals surface area contributed by atoms with E-state index in [4.69, 9.17) is 16.7 Å². The van der Waals surface area contributed by atoms with Crippen molar-refractivity contribution >= 4 is 35.9 Å². The molecule has 6 nitrogen and oxygen atoms in total. The van der Waals surface area contributed by atoms with Crippen LogP contribution in [0.2, 0.25) is 5.02 Å². The molecule has 158 valence electrons. The molecule has 1 fully saturated rings. The molecule has 1 N–H and O–H groups in total. The second-order valence-corrected chi connectivity index (χ2v) is 7.53. The second kappa shape index (κ2) is 11.6. The number of benzene rings is 1. The van der Waals surface area contributed by atoms with Crippen LogP contribution in [-0.4, -0.2) is 78.0 Å². The van der Waals surface area contributed by atoms with Crippen LogP contribution >= 0.6 is 24.0 Å². The first-order chi connectivity index (χ1) is 12.8. The number of carboxylic acid groups (broad SMARTS) is 1. The zero-order chi connectivity index (χ0) is 20.0. The Labute approximate surface area is 176 Å². The molecule has 0 aromatic heterocycles. The fourth-order valence-electron chi connectivity index (χ4n) is 3.40. The number of amides is 1. The van der Waals surface area contributed by atoms with Crippen LogP contribution in [0.25, 0.3) is 0 Å². The Morgan fingerprint density at radius 2 is 2.00 bits per heavy atom. The average Bonchev–Trinajstić information content (AvgIpc) is 2.83. The van der Waals surface area contributed by atoms with E-state index >= 15 is 0 Å². The summed E-state index contributed by atoms with van der Waals surface area (Å²) in [6, 6.07) is 4.69. The number of rotatable bonds is 7. The van der Waals surface area contributed by atoms with Crippen molar-refractivity contribution in [1.82, 2.24) is 14.7 Å². The minimum Gasteiger partial charge on any atom is -0.480 e. The number of aliphatic carboxylic acids is 1. The summed E-state index contributed by atoms with van der Waals surface area (Å²) in [6.45, 7) is 1.93. The SMILES string of the molecule is CN(Cc1c(F)cccc1Cl)C(=O)CN1CCCC(N(C)CC(=O)O)CC1.Cl. The van der Waals surface area contributed by atoms with Crippen molar-refractivity contribution in [1.29, 1.82) is 0 Å². The van der Waals surface area contributed by atoms with E-state index in [1.165, 1.54) is 17.0 Å². The van der Waals surface area contributed by atoms with Gasteiger partial charge in [0.25, 0.3) is 0 Å². The minimum absolute atomic E-state index is 0. The molecule has 1 amide bonds. The summed E-state index contributed by atoms with van der Waals surface area (Å²) >= 11 is 6.04. The molecule has 1 atom stereocenters. The van der Waals surface area contributed by atoms with Crippen molar-refractivity contribution in [2.45, 2.75) is 31.8 Å². The summed E-state index contributed by atoms with van der Waals surface area (Å²) in [7, 11) is 3.47. The monoisotopic (exact) mass is 435 g/mol. The lowest BCUT2D eigenvalue weighted by molar-refractivity contribution is -0.138. The van der Waals surface area contributed by atoms with Gasteiger partial charge in [0.1, 0.15) is 5.82 Å². The molecule has 2 rings (SSSR count). The van der Waals surface area contributed by atoms with Crippen molar-refractivity contribution in [2.24, 2.45) is 0 Å². The largest absolute Gasteiger partial charge is 0.480 e. The van der Waals surface area contributed by atoms with Crippen LogP contribution in [0.15, 0.2) is 18.2 Å². The van der Waals surface area contributed by atoms with Gasteiger partial charge in [-0.25, -0.2) is 4.39 Å². The van der Waals surface area contributed by atoms with E-state index in [0.717, 1.165) is 32.4 Å². The van der Waals surface area contributed by atoms with Crippen molar-refractivity contribution in [3.63, 3.8) is 0 Å². The van der Waals surface area contributed by atoms with Gasteiger partial charge in [-0.3, -0.25) is 19.4 Å². The van der Waals surface area contributed by atoms with Gasteiger partial charge < -0.3 is 10.0 Å². The highest BCUT2D eigenvalue weighted by Crippen LogP contribution is 2.21. The lowest BCUT2D eigenvalue weighted by atomic mass is 10.1. The molecule has 0 aliphatic carbocycles. The highest BCUT2D eigenvalue weighted by Gasteiger charge is 2.24. The fraction of sp³-hybridized carbons (Fsp3) is 0.579. The highest BCUT2D eigenvalue weighted by molar-refractivity contribution is 6.31. The van der Waals surface area contributed by atoms with Crippen molar-refractivity contribution < 1.29 is 19.1 Å². The molecule has 0 spiro atoms. The van der Waals surface area contributed by atoms with Gasteiger partial charge in [-0.1, -0.05) is 17.7 Å². The summed E-state index contributed by atoms with van der Waals surface area (Å²) in [6.07, 6.45) is 2.64. The van der Waals surface area contributed by atoms with E-state index in [1.54, 1.807) is 13.1 Å². The maximum Gasteiger partial charge on any atom is 0.317 e. The van der Waals surface area contributed by atoms with Crippen LogP contribution in [0.4, 0.5) is 4.39 Å². The average molecular weight is 436 g/mol. The summed E-state index contributed by atoms with van der Waals surface area (Å²) in [4.78, 5) is 28.9. The van der Waals surface area contributed by atoms with E-state index in [1.807, 2.05) is 11.9 Å². The van der Waals surface area contributed by atoms with Gasteiger partial charge in [-0.05, 0) is 45.0 Å². The normalized spacial score (nSPS) is 17.7. The smallest absolute Gasteiger partial charge is 0.317 e. The molecule has 1 aromatic rings.